The van der Waals surface area contributed by atoms with Crippen LogP contribution in [-0.4, -0.2) is 24.0 Å². The third-order valence-electron chi connectivity index (χ3n) is 6.15. The third-order valence-corrected chi connectivity index (χ3v) is 6.15. The van der Waals surface area contributed by atoms with E-state index in [1.165, 1.54) is 45.1 Å². The maximum absolute atomic E-state index is 5.60. The van der Waals surface area contributed by atoms with Gasteiger partial charge in [-0.05, 0) is 42.7 Å². The van der Waals surface area contributed by atoms with Gasteiger partial charge in [-0.25, -0.2) is 0 Å². The van der Waals surface area contributed by atoms with Gasteiger partial charge in [-0.15, -0.1) is 6.42 Å². The summed E-state index contributed by atoms with van der Waals surface area (Å²) in [5.41, 5.74) is 3.75. The molecule has 2 bridgehead atoms. The molecular formula is C19H23N. The lowest BCUT2D eigenvalue weighted by Gasteiger charge is -2.58. The molecule has 1 heterocycles. The zero-order valence-electron chi connectivity index (χ0n) is 12.1. The minimum atomic E-state index is 0.475. The molecule has 4 rings (SSSR count). The highest BCUT2D eigenvalue weighted by atomic mass is 15.2. The number of likely N-dealkylation sites (tertiary alicyclic amines) is 1. The van der Waals surface area contributed by atoms with E-state index in [9.17, 15) is 0 Å². The van der Waals surface area contributed by atoms with Crippen LogP contribution in [0, 0.1) is 18.3 Å². The summed E-state index contributed by atoms with van der Waals surface area (Å²) in [6.07, 6.45) is 13.7. The van der Waals surface area contributed by atoms with Crippen LogP contribution in [0.5, 0.6) is 0 Å². The Kier molecular flexibility index (Phi) is 2.89. The average Bonchev–Trinajstić information content (AvgIpc) is 2.50. The molecule has 0 radical (unpaired) electrons. The summed E-state index contributed by atoms with van der Waals surface area (Å²) in [5.74, 6) is 3.72. The van der Waals surface area contributed by atoms with Gasteiger partial charge in [0, 0.05) is 18.0 Å². The highest BCUT2D eigenvalue weighted by Crippen LogP contribution is 2.55. The number of hydrogen-bond donors (Lipinski definition) is 0. The molecule has 20 heavy (non-hydrogen) atoms. The highest BCUT2D eigenvalue weighted by molar-refractivity contribution is 5.41. The van der Waals surface area contributed by atoms with Gasteiger partial charge >= 0.3 is 0 Å². The molecule has 2 fully saturated rings. The fourth-order valence-electron chi connectivity index (χ4n) is 5.36. The molecule has 1 aromatic carbocycles. The topological polar surface area (TPSA) is 3.24 Å². The summed E-state index contributed by atoms with van der Waals surface area (Å²) in [6.45, 7) is 2.03. The van der Waals surface area contributed by atoms with Gasteiger partial charge in [-0.2, -0.15) is 0 Å². The van der Waals surface area contributed by atoms with Crippen LogP contribution in [0.3, 0.4) is 0 Å². The van der Waals surface area contributed by atoms with Gasteiger partial charge < -0.3 is 0 Å². The normalized spacial score (nSPS) is 35.8. The van der Waals surface area contributed by atoms with Crippen LogP contribution in [-0.2, 0) is 11.8 Å². The lowest BCUT2D eigenvalue weighted by Crippen LogP contribution is -2.60. The largest absolute Gasteiger partial charge is 0.289 e. The van der Waals surface area contributed by atoms with Crippen LogP contribution in [0.15, 0.2) is 24.3 Å². The Morgan fingerprint density at radius 3 is 3.05 bits per heavy atom. The molecule has 3 aliphatic rings. The first-order valence-corrected chi connectivity index (χ1v) is 8.11. The van der Waals surface area contributed by atoms with E-state index in [0.29, 0.717) is 11.5 Å². The molecule has 0 aromatic heterocycles. The monoisotopic (exact) mass is 265 g/mol. The van der Waals surface area contributed by atoms with Crippen molar-refractivity contribution in [3.8, 4) is 12.3 Å². The predicted molar refractivity (Wildman–Crippen MR) is 82.6 cm³/mol. The van der Waals surface area contributed by atoms with Crippen molar-refractivity contribution in [3.63, 3.8) is 0 Å². The molecule has 1 heteroatoms. The van der Waals surface area contributed by atoms with Crippen molar-refractivity contribution in [1.82, 2.24) is 4.90 Å². The summed E-state index contributed by atoms with van der Waals surface area (Å²) in [5, 5.41) is 0. The Morgan fingerprint density at radius 1 is 1.25 bits per heavy atom. The van der Waals surface area contributed by atoms with Crippen LogP contribution >= 0.6 is 0 Å². The zero-order chi connectivity index (χ0) is 13.6. The summed E-state index contributed by atoms with van der Waals surface area (Å²) >= 11 is 0. The van der Waals surface area contributed by atoms with Crippen LogP contribution in [0.2, 0.25) is 0 Å². The number of terminal acetylenes is 1. The standard InChI is InChI=1S/C19H23N/c1-2-12-20-13-11-19-10-6-5-9-17(19)18(20)14-15-7-3-4-8-16(15)19/h1,3-4,7-8,17-18H,5-6,9-14H2/t17-,18+,19-/m0/s1. The minimum absolute atomic E-state index is 0.475. The Morgan fingerprint density at radius 2 is 2.15 bits per heavy atom. The van der Waals surface area contributed by atoms with Gasteiger partial charge in [0.1, 0.15) is 0 Å². The van der Waals surface area contributed by atoms with Gasteiger partial charge in [0.15, 0.2) is 0 Å². The van der Waals surface area contributed by atoms with Crippen molar-refractivity contribution in [2.75, 3.05) is 13.1 Å². The first kappa shape index (κ1) is 12.5. The molecule has 0 N–H and O–H groups in total. The van der Waals surface area contributed by atoms with Crippen molar-refractivity contribution in [2.45, 2.75) is 50.0 Å². The summed E-state index contributed by atoms with van der Waals surface area (Å²) in [4.78, 5) is 2.59. The maximum Gasteiger partial charge on any atom is 0.0601 e. The van der Waals surface area contributed by atoms with E-state index in [2.05, 4.69) is 35.1 Å². The van der Waals surface area contributed by atoms with Gasteiger partial charge in [-0.3, -0.25) is 4.90 Å². The number of piperidine rings is 1. The molecule has 0 unspecified atom stereocenters. The maximum atomic E-state index is 5.60. The van der Waals surface area contributed by atoms with Crippen LogP contribution in [0.4, 0.5) is 0 Å². The summed E-state index contributed by atoms with van der Waals surface area (Å²) in [7, 11) is 0. The minimum Gasteiger partial charge on any atom is -0.289 e. The number of benzene rings is 1. The van der Waals surface area contributed by atoms with E-state index in [4.69, 9.17) is 6.42 Å². The summed E-state index contributed by atoms with van der Waals surface area (Å²) < 4.78 is 0. The van der Waals surface area contributed by atoms with E-state index in [1.54, 1.807) is 11.1 Å². The molecular weight excluding hydrogens is 242 g/mol. The van der Waals surface area contributed by atoms with Crippen molar-refractivity contribution >= 4 is 0 Å². The van der Waals surface area contributed by atoms with Crippen molar-refractivity contribution in [3.05, 3.63) is 35.4 Å². The predicted octanol–water partition coefficient (Wildman–Crippen LogP) is 3.38. The first-order valence-electron chi connectivity index (χ1n) is 8.11. The van der Waals surface area contributed by atoms with E-state index in [1.807, 2.05) is 0 Å². The fraction of sp³-hybridized carbons (Fsp3) is 0.579. The van der Waals surface area contributed by atoms with Gasteiger partial charge in [0.05, 0.1) is 6.54 Å². The Labute approximate surface area is 122 Å². The second kappa shape index (κ2) is 4.64. The highest BCUT2D eigenvalue weighted by Gasteiger charge is 2.53. The second-order valence-electron chi connectivity index (χ2n) is 6.86. The molecule has 0 amide bonds. The Bertz CT molecular complexity index is 555. The number of nitrogens with zero attached hydrogens (tertiary/aromatic N) is 1. The van der Waals surface area contributed by atoms with E-state index >= 15 is 0 Å². The third kappa shape index (κ3) is 1.61. The Hall–Kier alpha value is -1.26. The smallest absolute Gasteiger partial charge is 0.0601 e. The second-order valence-corrected chi connectivity index (χ2v) is 6.86. The zero-order valence-corrected chi connectivity index (χ0v) is 12.1. The molecule has 0 spiro atoms. The number of rotatable bonds is 1. The van der Waals surface area contributed by atoms with Gasteiger partial charge in [0.2, 0.25) is 0 Å². The average molecular weight is 265 g/mol. The molecule has 1 saturated heterocycles. The lowest BCUT2D eigenvalue weighted by molar-refractivity contribution is -0.00404. The summed E-state index contributed by atoms with van der Waals surface area (Å²) in [6, 6.07) is 9.91. The van der Waals surface area contributed by atoms with Gasteiger partial charge in [-0.1, -0.05) is 43.0 Å². The van der Waals surface area contributed by atoms with Gasteiger partial charge in [0.25, 0.3) is 0 Å². The molecule has 104 valence electrons. The SMILES string of the molecule is C#CCN1CC[C@]23CCCC[C@H]2[C@H]1Cc1ccccc13. The molecule has 1 nitrogen and oxygen atoms in total. The number of fused-ring (bicyclic) bond motifs is 1. The van der Waals surface area contributed by atoms with Crippen molar-refractivity contribution in [2.24, 2.45) is 5.92 Å². The molecule has 1 aromatic rings. The van der Waals surface area contributed by atoms with E-state index < -0.39 is 0 Å². The molecule has 1 saturated carbocycles. The fourth-order valence-corrected chi connectivity index (χ4v) is 5.36. The van der Waals surface area contributed by atoms with E-state index in [0.717, 1.165) is 12.5 Å². The van der Waals surface area contributed by atoms with Crippen LogP contribution in [0.1, 0.15) is 43.2 Å². The first-order chi connectivity index (χ1) is 9.85. The van der Waals surface area contributed by atoms with Crippen molar-refractivity contribution in [1.29, 1.82) is 0 Å². The van der Waals surface area contributed by atoms with Crippen LogP contribution < -0.4 is 0 Å². The Balaban J connectivity index is 1.82. The lowest BCUT2D eigenvalue weighted by atomic mass is 9.52. The van der Waals surface area contributed by atoms with E-state index in [-0.39, 0.29) is 0 Å². The van der Waals surface area contributed by atoms with Crippen LogP contribution in [0.25, 0.3) is 0 Å². The molecule has 3 atom stereocenters. The van der Waals surface area contributed by atoms with Crippen molar-refractivity contribution < 1.29 is 0 Å². The number of hydrogen-bond acceptors (Lipinski definition) is 1. The molecule has 1 aliphatic heterocycles. The quantitative estimate of drug-likeness (QED) is 0.704. The molecule has 2 aliphatic carbocycles.